The maximum atomic E-state index is 6.04. The van der Waals surface area contributed by atoms with Crippen molar-refractivity contribution in [2.75, 3.05) is 0 Å². The third-order valence-corrected chi connectivity index (χ3v) is 3.95. The third-order valence-electron chi connectivity index (χ3n) is 3.42. The van der Waals surface area contributed by atoms with Crippen molar-refractivity contribution in [1.29, 1.82) is 0 Å². The Labute approximate surface area is 106 Å². The summed E-state index contributed by atoms with van der Waals surface area (Å²) >= 11 is 11.9. The van der Waals surface area contributed by atoms with Crippen LogP contribution >= 0.6 is 23.2 Å². The lowest BCUT2D eigenvalue weighted by molar-refractivity contribution is -0.0399. The van der Waals surface area contributed by atoms with Crippen LogP contribution < -0.4 is 10.5 Å². The van der Waals surface area contributed by atoms with Crippen LogP contribution in [0.25, 0.3) is 0 Å². The molecule has 0 bridgehead atoms. The Kier molecular flexibility index (Phi) is 3.08. The van der Waals surface area contributed by atoms with Gasteiger partial charge in [0.1, 0.15) is 11.9 Å². The molecule has 88 valence electrons. The van der Waals surface area contributed by atoms with Crippen molar-refractivity contribution in [3.63, 3.8) is 0 Å². The SMILES string of the molecule is CC1(C)C(N)CC1Oc1ccc(Cl)cc1Cl. The van der Waals surface area contributed by atoms with Crippen molar-refractivity contribution >= 4 is 23.2 Å². The number of ether oxygens (including phenoxy) is 1. The molecule has 0 amide bonds. The Morgan fingerprint density at radius 2 is 2.06 bits per heavy atom. The molecule has 2 rings (SSSR count). The first-order chi connectivity index (χ1) is 7.41. The van der Waals surface area contributed by atoms with Gasteiger partial charge in [0.25, 0.3) is 0 Å². The Bertz CT molecular complexity index is 406. The van der Waals surface area contributed by atoms with Crippen LogP contribution in [0.4, 0.5) is 0 Å². The fourth-order valence-electron chi connectivity index (χ4n) is 1.84. The lowest BCUT2D eigenvalue weighted by Gasteiger charge is -2.49. The minimum atomic E-state index is 0.00294. The molecule has 1 aliphatic carbocycles. The molecule has 1 aromatic rings. The number of halogens is 2. The molecule has 4 heteroatoms. The summed E-state index contributed by atoms with van der Waals surface area (Å²) in [6, 6.07) is 5.45. The quantitative estimate of drug-likeness (QED) is 0.883. The third kappa shape index (κ3) is 2.02. The molecule has 1 aromatic carbocycles. The van der Waals surface area contributed by atoms with Crippen LogP contribution in [0.5, 0.6) is 5.75 Å². The topological polar surface area (TPSA) is 35.2 Å². The molecule has 0 spiro atoms. The monoisotopic (exact) mass is 259 g/mol. The molecule has 2 atom stereocenters. The van der Waals surface area contributed by atoms with Gasteiger partial charge < -0.3 is 10.5 Å². The summed E-state index contributed by atoms with van der Waals surface area (Å²) < 4.78 is 5.85. The fraction of sp³-hybridized carbons (Fsp3) is 0.500. The van der Waals surface area contributed by atoms with Gasteiger partial charge in [-0.2, -0.15) is 0 Å². The minimum absolute atomic E-state index is 0.00294. The summed E-state index contributed by atoms with van der Waals surface area (Å²) in [7, 11) is 0. The zero-order chi connectivity index (χ0) is 11.9. The maximum absolute atomic E-state index is 6.04. The number of hydrogen-bond acceptors (Lipinski definition) is 2. The maximum Gasteiger partial charge on any atom is 0.138 e. The molecule has 0 aliphatic heterocycles. The molecule has 0 heterocycles. The second-order valence-corrected chi connectivity index (χ2v) is 5.69. The van der Waals surface area contributed by atoms with Crippen molar-refractivity contribution in [2.45, 2.75) is 32.4 Å². The van der Waals surface area contributed by atoms with Crippen LogP contribution in [0.2, 0.25) is 10.0 Å². The zero-order valence-electron chi connectivity index (χ0n) is 9.34. The summed E-state index contributed by atoms with van der Waals surface area (Å²) in [4.78, 5) is 0. The van der Waals surface area contributed by atoms with E-state index in [9.17, 15) is 0 Å². The van der Waals surface area contributed by atoms with Gasteiger partial charge in [0, 0.05) is 22.9 Å². The molecule has 2 unspecified atom stereocenters. The van der Waals surface area contributed by atoms with Crippen LogP contribution in [-0.2, 0) is 0 Å². The van der Waals surface area contributed by atoms with E-state index in [0.717, 1.165) is 6.42 Å². The molecule has 0 aromatic heterocycles. The normalized spacial score (nSPS) is 27.3. The first kappa shape index (κ1) is 12.0. The lowest BCUT2D eigenvalue weighted by Crippen LogP contribution is -2.60. The Morgan fingerprint density at radius 3 is 2.56 bits per heavy atom. The van der Waals surface area contributed by atoms with E-state index in [1.54, 1.807) is 18.2 Å². The smallest absolute Gasteiger partial charge is 0.138 e. The van der Waals surface area contributed by atoms with Gasteiger partial charge in [-0.25, -0.2) is 0 Å². The molecule has 16 heavy (non-hydrogen) atoms. The molecule has 1 fully saturated rings. The summed E-state index contributed by atoms with van der Waals surface area (Å²) in [5.41, 5.74) is 5.93. The standard InChI is InChI=1S/C12H15Cl2NO/c1-12(2)10(15)6-11(12)16-9-4-3-7(13)5-8(9)14/h3-5,10-11H,6,15H2,1-2H3. The van der Waals surface area contributed by atoms with E-state index in [-0.39, 0.29) is 17.6 Å². The first-order valence-electron chi connectivity index (χ1n) is 5.28. The van der Waals surface area contributed by atoms with Crippen molar-refractivity contribution in [1.82, 2.24) is 0 Å². The van der Waals surface area contributed by atoms with Crippen LogP contribution in [0.15, 0.2) is 18.2 Å². The number of rotatable bonds is 2. The van der Waals surface area contributed by atoms with Gasteiger partial charge in [0.15, 0.2) is 0 Å². The average molecular weight is 260 g/mol. The van der Waals surface area contributed by atoms with Crippen molar-refractivity contribution < 1.29 is 4.74 Å². The van der Waals surface area contributed by atoms with Gasteiger partial charge in [-0.1, -0.05) is 37.0 Å². The minimum Gasteiger partial charge on any atom is -0.488 e. The highest BCUT2D eigenvalue weighted by molar-refractivity contribution is 6.35. The average Bonchev–Trinajstić information content (AvgIpc) is 2.21. The van der Waals surface area contributed by atoms with Gasteiger partial charge in [-0.15, -0.1) is 0 Å². The van der Waals surface area contributed by atoms with E-state index in [0.29, 0.717) is 15.8 Å². The van der Waals surface area contributed by atoms with Gasteiger partial charge in [0.05, 0.1) is 5.02 Å². The van der Waals surface area contributed by atoms with E-state index in [1.165, 1.54) is 0 Å². The molecular weight excluding hydrogens is 245 g/mol. The Morgan fingerprint density at radius 1 is 1.38 bits per heavy atom. The number of nitrogens with two attached hydrogens (primary N) is 1. The van der Waals surface area contributed by atoms with Crippen LogP contribution in [0, 0.1) is 5.41 Å². The molecule has 0 saturated heterocycles. The van der Waals surface area contributed by atoms with E-state index >= 15 is 0 Å². The first-order valence-corrected chi connectivity index (χ1v) is 6.04. The highest BCUT2D eigenvalue weighted by Crippen LogP contribution is 2.43. The van der Waals surface area contributed by atoms with Gasteiger partial charge in [0.2, 0.25) is 0 Å². The summed E-state index contributed by atoms with van der Waals surface area (Å²) in [6.07, 6.45) is 0.993. The summed E-state index contributed by atoms with van der Waals surface area (Å²) in [5, 5.41) is 1.16. The van der Waals surface area contributed by atoms with Crippen LogP contribution in [-0.4, -0.2) is 12.1 Å². The van der Waals surface area contributed by atoms with Gasteiger partial charge in [-0.3, -0.25) is 0 Å². The zero-order valence-corrected chi connectivity index (χ0v) is 10.8. The van der Waals surface area contributed by atoms with E-state index in [1.807, 2.05) is 0 Å². The molecular formula is C12H15Cl2NO. The van der Waals surface area contributed by atoms with Crippen molar-refractivity contribution in [3.8, 4) is 5.75 Å². The van der Waals surface area contributed by atoms with Crippen LogP contribution in [0.1, 0.15) is 20.3 Å². The Balaban J connectivity index is 2.11. The predicted octanol–water partition coefficient (Wildman–Crippen LogP) is 3.50. The second kappa shape index (κ2) is 4.10. The lowest BCUT2D eigenvalue weighted by atomic mass is 9.65. The number of benzene rings is 1. The second-order valence-electron chi connectivity index (χ2n) is 4.84. The largest absolute Gasteiger partial charge is 0.488 e. The van der Waals surface area contributed by atoms with Crippen molar-refractivity contribution in [2.24, 2.45) is 11.1 Å². The highest BCUT2D eigenvalue weighted by atomic mass is 35.5. The molecule has 2 nitrogen and oxygen atoms in total. The molecule has 0 radical (unpaired) electrons. The molecule has 1 aliphatic rings. The highest BCUT2D eigenvalue weighted by Gasteiger charge is 2.48. The summed E-state index contributed by atoms with van der Waals surface area (Å²) in [5.74, 6) is 0.677. The van der Waals surface area contributed by atoms with Crippen molar-refractivity contribution in [3.05, 3.63) is 28.2 Å². The number of hydrogen-bond donors (Lipinski definition) is 1. The van der Waals surface area contributed by atoms with E-state index in [4.69, 9.17) is 33.7 Å². The van der Waals surface area contributed by atoms with E-state index in [2.05, 4.69) is 13.8 Å². The molecule has 2 N–H and O–H groups in total. The predicted molar refractivity (Wildman–Crippen MR) is 67.3 cm³/mol. The Hall–Kier alpha value is -0.440. The van der Waals surface area contributed by atoms with Gasteiger partial charge >= 0.3 is 0 Å². The fourth-order valence-corrected chi connectivity index (χ4v) is 2.29. The van der Waals surface area contributed by atoms with Gasteiger partial charge in [-0.05, 0) is 18.2 Å². The molecule has 1 saturated carbocycles. The van der Waals surface area contributed by atoms with Crippen LogP contribution in [0.3, 0.4) is 0 Å². The summed E-state index contributed by atoms with van der Waals surface area (Å²) in [6.45, 7) is 4.21. The van der Waals surface area contributed by atoms with E-state index < -0.39 is 0 Å².